The van der Waals surface area contributed by atoms with Crippen molar-refractivity contribution in [3.63, 3.8) is 0 Å². The van der Waals surface area contributed by atoms with Gasteiger partial charge in [0.15, 0.2) is 0 Å². The molecule has 0 radical (unpaired) electrons. The predicted octanol–water partition coefficient (Wildman–Crippen LogP) is 3.63. The first-order chi connectivity index (χ1) is 9.86. The SMILES string of the molecule is c1ccc(Oc2ccccc2CC23CNCC2C3)cc1. The number of fused-ring (bicyclic) bond motifs is 1. The van der Waals surface area contributed by atoms with Gasteiger partial charge in [0.05, 0.1) is 0 Å². The summed E-state index contributed by atoms with van der Waals surface area (Å²) in [4.78, 5) is 0. The van der Waals surface area contributed by atoms with E-state index in [-0.39, 0.29) is 0 Å². The predicted molar refractivity (Wildman–Crippen MR) is 80.1 cm³/mol. The lowest BCUT2D eigenvalue weighted by molar-refractivity contribution is 0.456. The maximum Gasteiger partial charge on any atom is 0.130 e. The quantitative estimate of drug-likeness (QED) is 0.911. The molecule has 1 N–H and O–H groups in total. The first-order valence-electron chi connectivity index (χ1n) is 7.37. The number of ether oxygens (including phenoxy) is 1. The summed E-state index contributed by atoms with van der Waals surface area (Å²) >= 11 is 0. The summed E-state index contributed by atoms with van der Waals surface area (Å²) in [7, 11) is 0. The highest BCUT2D eigenvalue weighted by molar-refractivity contribution is 5.39. The molecule has 2 unspecified atom stereocenters. The van der Waals surface area contributed by atoms with Crippen molar-refractivity contribution in [1.82, 2.24) is 5.32 Å². The highest BCUT2D eigenvalue weighted by Gasteiger charge is 2.56. The van der Waals surface area contributed by atoms with E-state index in [9.17, 15) is 0 Å². The molecular weight excluding hydrogens is 246 g/mol. The standard InChI is InChI=1S/C18H19NO/c1-2-7-16(8-3-1)20-17-9-5-4-6-14(17)10-18-11-15(18)12-19-13-18/h1-9,15,19H,10-13H2. The maximum atomic E-state index is 6.06. The zero-order valence-electron chi connectivity index (χ0n) is 11.5. The molecule has 4 rings (SSSR count). The number of hydrogen-bond acceptors (Lipinski definition) is 2. The van der Waals surface area contributed by atoms with Crippen LogP contribution in [0.2, 0.25) is 0 Å². The minimum Gasteiger partial charge on any atom is -0.457 e. The van der Waals surface area contributed by atoms with Gasteiger partial charge in [-0.05, 0) is 54.5 Å². The molecule has 0 amide bonds. The van der Waals surface area contributed by atoms with Crippen molar-refractivity contribution in [2.75, 3.05) is 13.1 Å². The summed E-state index contributed by atoms with van der Waals surface area (Å²) < 4.78 is 6.06. The van der Waals surface area contributed by atoms with Gasteiger partial charge in [-0.2, -0.15) is 0 Å². The summed E-state index contributed by atoms with van der Waals surface area (Å²) in [6.07, 6.45) is 2.51. The Bertz CT molecular complexity index is 610. The Hall–Kier alpha value is -1.80. The molecule has 2 aromatic carbocycles. The fourth-order valence-electron chi connectivity index (χ4n) is 3.46. The van der Waals surface area contributed by atoms with E-state index in [4.69, 9.17) is 4.74 Å². The molecule has 1 heterocycles. The van der Waals surface area contributed by atoms with Crippen molar-refractivity contribution in [3.8, 4) is 11.5 Å². The van der Waals surface area contributed by atoms with Crippen LogP contribution in [0.3, 0.4) is 0 Å². The van der Waals surface area contributed by atoms with Gasteiger partial charge in [-0.15, -0.1) is 0 Å². The van der Waals surface area contributed by atoms with Crippen molar-refractivity contribution in [2.24, 2.45) is 11.3 Å². The Morgan fingerprint density at radius 3 is 2.60 bits per heavy atom. The molecule has 2 aliphatic rings. The Balaban J connectivity index is 1.57. The third-order valence-corrected chi connectivity index (χ3v) is 4.71. The van der Waals surface area contributed by atoms with E-state index in [2.05, 4.69) is 29.6 Å². The van der Waals surface area contributed by atoms with E-state index < -0.39 is 0 Å². The van der Waals surface area contributed by atoms with Crippen molar-refractivity contribution < 1.29 is 4.74 Å². The average molecular weight is 265 g/mol. The molecule has 0 aromatic heterocycles. The van der Waals surface area contributed by atoms with E-state index in [0.717, 1.165) is 30.4 Å². The molecule has 1 aliphatic heterocycles. The van der Waals surface area contributed by atoms with E-state index in [1.165, 1.54) is 18.5 Å². The highest BCUT2D eigenvalue weighted by Crippen LogP contribution is 2.57. The van der Waals surface area contributed by atoms with E-state index in [0.29, 0.717) is 5.41 Å². The molecule has 102 valence electrons. The fraction of sp³-hybridized carbons (Fsp3) is 0.333. The lowest BCUT2D eigenvalue weighted by Crippen LogP contribution is -2.18. The van der Waals surface area contributed by atoms with Crippen LogP contribution in [0.25, 0.3) is 0 Å². The molecule has 20 heavy (non-hydrogen) atoms. The second-order valence-electron chi connectivity index (χ2n) is 6.09. The Morgan fingerprint density at radius 2 is 1.85 bits per heavy atom. The Morgan fingerprint density at radius 1 is 1.05 bits per heavy atom. The normalized spacial score (nSPS) is 27.1. The van der Waals surface area contributed by atoms with Crippen LogP contribution in [0.1, 0.15) is 12.0 Å². The van der Waals surface area contributed by atoms with Gasteiger partial charge in [-0.25, -0.2) is 0 Å². The van der Waals surface area contributed by atoms with E-state index in [1.807, 2.05) is 30.3 Å². The molecule has 2 nitrogen and oxygen atoms in total. The highest BCUT2D eigenvalue weighted by atomic mass is 16.5. The maximum absolute atomic E-state index is 6.06. The number of piperidine rings is 1. The van der Waals surface area contributed by atoms with Crippen LogP contribution in [0.4, 0.5) is 0 Å². The number of nitrogens with one attached hydrogen (secondary N) is 1. The smallest absolute Gasteiger partial charge is 0.130 e. The molecule has 2 aromatic rings. The van der Waals surface area contributed by atoms with Gasteiger partial charge in [0.25, 0.3) is 0 Å². The monoisotopic (exact) mass is 265 g/mol. The number of rotatable bonds is 4. The van der Waals surface area contributed by atoms with Crippen molar-refractivity contribution in [3.05, 3.63) is 60.2 Å². The molecule has 0 bridgehead atoms. The van der Waals surface area contributed by atoms with Crippen LogP contribution < -0.4 is 10.1 Å². The minimum atomic E-state index is 0.510. The third kappa shape index (κ3) is 2.10. The summed E-state index contributed by atoms with van der Waals surface area (Å²) in [6.45, 7) is 2.36. The van der Waals surface area contributed by atoms with Crippen LogP contribution in [-0.4, -0.2) is 13.1 Å². The van der Waals surface area contributed by atoms with Gasteiger partial charge in [0, 0.05) is 6.54 Å². The summed E-state index contributed by atoms with van der Waals surface area (Å²) in [6, 6.07) is 18.5. The van der Waals surface area contributed by atoms with Gasteiger partial charge in [0.1, 0.15) is 11.5 Å². The number of benzene rings is 2. The zero-order valence-corrected chi connectivity index (χ0v) is 11.5. The molecule has 1 aliphatic carbocycles. The average Bonchev–Trinajstić information content (AvgIpc) is 3.02. The van der Waals surface area contributed by atoms with Crippen LogP contribution in [0.15, 0.2) is 54.6 Å². The van der Waals surface area contributed by atoms with Gasteiger partial charge in [0.2, 0.25) is 0 Å². The van der Waals surface area contributed by atoms with Crippen molar-refractivity contribution >= 4 is 0 Å². The molecule has 1 saturated heterocycles. The Kier molecular flexibility index (Phi) is 2.78. The van der Waals surface area contributed by atoms with Crippen LogP contribution in [-0.2, 0) is 6.42 Å². The fourth-order valence-corrected chi connectivity index (χ4v) is 3.46. The third-order valence-electron chi connectivity index (χ3n) is 4.71. The second-order valence-corrected chi connectivity index (χ2v) is 6.09. The van der Waals surface area contributed by atoms with Gasteiger partial charge < -0.3 is 10.1 Å². The first-order valence-corrected chi connectivity index (χ1v) is 7.37. The Labute approximate surface area is 119 Å². The zero-order chi connectivity index (χ0) is 13.4. The number of hydrogen-bond donors (Lipinski definition) is 1. The summed E-state index contributed by atoms with van der Waals surface area (Å²) in [5, 5.41) is 3.51. The van der Waals surface area contributed by atoms with Gasteiger partial charge >= 0.3 is 0 Å². The molecule has 2 heteroatoms. The minimum absolute atomic E-state index is 0.510. The van der Waals surface area contributed by atoms with Crippen LogP contribution in [0, 0.1) is 11.3 Å². The summed E-state index contributed by atoms with van der Waals surface area (Å²) in [5.41, 5.74) is 1.85. The summed E-state index contributed by atoms with van der Waals surface area (Å²) in [5.74, 6) is 2.80. The lowest BCUT2D eigenvalue weighted by atomic mass is 9.95. The van der Waals surface area contributed by atoms with Crippen molar-refractivity contribution in [1.29, 1.82) is 0 Å². The molecule has 1 saturated carbocycles. The van der Waals surface area contributed by atoms with E-state index >= 15 is 0 Å². The largest absolute Gasteiger partial charge is 0.457 e. The number of para-hydroxylation sites is 2. The van der Waals surface area contributed by atoms with E-state index in [1.54, 1.807) is 0 Å². The lowest BCUT2D eigenvalue weighted by Gasteiger charge is -2.15. The molecule has 0 spiro atoms. The van der Waals surface area contributed by atoms with Gasteiger partial charge in [-0.1, -0.05) is 36.4 Å². The second kappa shape index (κ2) is 4.64. The van der Waals surface area contributed by atoms with Crippen LogP contribution >= 0.6 is 0 Å². The molecule has 2 fully saturated rings. The van der Waals surface area contributed by atoms with Crippen LogP contribution in [0.5, 0.6) is 11.5 Å². The molecular formula is C18H19NO. The molecule has 2 atom stereocenters. The first kappa shape index (κ1) is 12.0. The van der Waals surface area contributed by atoms with Crippen molar-refractivity contribution in [2.45, 2.75) is 12.8 Å². The topological polar surface area (TPSA) is 21.3 Å². The van der Waals surface area contributed by atoms with Gasteiger partial charge in [-0.3, -0.25) is 0 Å².